The molecular formula is C42H22N4. The molecule has 12 rings (SSSR count). The maximum atomic E-state index is 5.48. The Bertz CT molecular complexity index is 3140. The van der Waals surface area contributed by atoms with Gasteiger partial charge in [0.1, 0.15) is 0 Å². The molecule has 7 aromatic carbocycles. The third-order valence-corrected chi connectivity index (χ3v) is 10.4. The smallest absolute Gasteiger partial charge is 0.156 e. The second-order valence-electron chi connectivity index (χ2n) is 12.6. The standard InChI is InChI=1S/C42H22N4/c1-2-12-25-23(9-1)19-20-34-37(25)31-21-30-26-13-3-5-17-32(26)45-33-18-6-4-14-27(33)38(41(30)45)42(31)46(34)35-22-43-39-28-15-7-10-24-11-8-16-29(36(24)28)40(39)44-35/h1-22H. The van der Waals surface area contributed by atoms with Crippen LogP contribution in [0.5, 0.6) is 0 Å². The fourth-order valence-electron chi connectivity index (χ4n) is 8.62. The van der Waals surface area contributed by atoms with Crippen molar-refractivity contribution in [3.63, 3.8) is 0 Å². The molecular weight excluding hydrogens is 560 g/mol. The van der Waals surface area contributed by atoms with Crippen molar-refractivity contribution in [2.24, 2.45) is 0 Å². The van der Waals surface area contributed by atoms with E-state index in [2.05, 4.69) is 136 Å². The van der Waals surface area contributed by atoms with E-state index in [-0.39, 0.29) is 0 Å². The van der Waals surface area contributed by atoms with Crippen LogP contribution in [0, 0.1) is 0 Å². The predicted octanol–water partition coefficient (Wildman–Crippen LogP) is 10.7. The lowest BCUT2D eigenvalue weighted by Gasteiger charge is -2.10. The Morgan fingerprint density at radius 1 is 0.435 bits per heavy atom. The van der Waals surface area contributed by atoms with E-state index in [4.69, 9.17) is 9.97 Å². The Labute approximate surface area is 261 Å². The Hall–Kier alpha value is -6.26. The van der Waals surface area contributed by atoms with Crippen molar-refractivity contribution < 1.29 is 0 Å². The van der Waals surface area contributed by atoms with Crippen molar-refractivity contribution in [3.05, 3.63) is 134 Å². The molecule has 11 aromatic rings. The lowest BCUT2D eigenvalue weighted by atomic mass is 10.0. The molecule has 0 fully saturated rings. The van der Waals surface area contributed by atoms with Crippen molar-refractivity contribution >= 4 is 81.4 Å². The number of hydrogen-bond donors (Lipinski definition) is 0. The van der Waals surface area contributed by atoms with Gasteiger partial charge in [-0.1, -0.05) is 103 Å². The van der Waals surface area contributed by atoms with E-state index >= 15 is 0 Å². The predicted molar refractivity (Wildman–Crippen MR) is 190 cm³/mol. The first-order valence-electron chi connectivity index (χ1n) is 15.8. The van der Waals surface area contributed by atoms with Gasteiger partial charge in [0, 0.05) is 48.8 Å². The summed E-state index contributed by atoms with van der Waals surface area (Å²) < 4.78 is 4.84. The molecule has 1 aliphatic carbocycles. The number of rotatable bonds is 1. The SMILES string of the molecule is c1cc2c3c(cccc3c1)-c1nc(-n3c4ccc5ccccc5c4c4cc5c6ccccc6n6c7ccccc7c(c43)c56)cnc1-2. The molecule has 4 heteroatoms. The van der Waals surface area contributed by atoms with Crippen LogP contribution >= 0.6 is 0 Å². The summed E-state index contributed by atoms with van der Waals surface area (Å²) in [6.45, 7) is 0. The van der Waals surface area contributed by atoms with Crippen LogP contribution in [0.1, 0.15) is 0 Å². The summed E-state index contributed by atoms with van der Waals surface area (Å²) in [5.74, 6) is 0.835. The van der Waals surface area contributed by atoms with Gasteiger partial charge in [-0.25, -0.2) is 4.98 Å². The maximum absolute atomic E-state index is 5.48. The Balaban J connectivity index is 1.33. The molecule has 4 heterocycles. The maximum Gasteiger partial charge on any atom is 0.156 e. The van der Waals surface area contributed by atoms with Gasteiger partial charge in [-0.2, -0.15) is 0 Å². The zero-order chi connectivity index (χ0) is 29.7. The summed E-state index contributed by atoms with van der Waals surface area (Å²) in [4.78, 5) is 10.6. The minimum absolute atomic E-state index is 0.835. The molecule has 4 nitrogen and oxygen atoms in total. The van der Waals surface area contributed by atoms with Crippen molar-refractivity contribution in [1.82, 2.24) is 18.9 Å². The molecule has 0 radical (unpaired) electrons. The quantitative estimate of drug-likeness (QED) is 0.193. The van der Waals surface area contributed by atoms with Crippen LogP contribution in [0.2, 0.25) is 0 Å². The van der Waals surface area contributed by atoms with E-state index < -0.39 is 0 Å². The normalized spacial score (nSPS) is 12.8. The lowest BCUT2D eigenvalue weighted by molar-refractivity contribution is 1.06. The average Bonchev–Trinajstić information content (AvgIpc) is 3.83. The summed E-state index contributed by atoms with van der Waals surface area (Å²) in [5.41, 5.74) is 10.3. The fourth-order valence-corrected chi connectivity index (χ4v) is 8.62. The number of para-hydroxylation sites is 2. The van der Waals surface area contributed by atoms with Gasteiger partial charge in [0.15, 0.2) is 5.82 Å². The lowest BCUT2D eigenvalue weighted by Crippen LogP contribution is -2.01. The van der Waals surface area contributed by atoms with Crippen LogP contribution in [-0.4, -0.2) is 18.9 Å². The van der Waals surface area contributed by atoms with E-state index in [1.54, 1.807) is 0 Å². The van der Waals surface area contributed by atoms with Gasteiger partial charge >= 0.3 is 0 Å². The zero-order valence-electron chi connectivity index (χ0n) is 24.5. The Kier molecular flexibility index (Phi) is 3.96. The summed E-state index contributed by atoms with van der Waals surface area (Å²) >= 11 is 0. The second-order valence-corrected chi connectivity index (χ2v) is 12.6. The first-order chi connectivity index (χ1) is 22.8. The van der Waals surface area contributed by atoms with Crippen LogP contribution in [0.15, 0.2) is 134 Å². The average molecular weight is 583 g/mol. The third-order valence-electron chi connectivity index (χ3n) is 10.4. The van der Waals surface area contributed by atoms with Crippen LogP contribution in [0.4, 0.5) is 0 Å². The van der Waals surface area contributed by atoms with Crippen LogP contribution in [0.3, 0.4) is 0 Å². The van der Waals surface area contributed by atoms with Gasteiger partial charge in [-0.05, 0) is 40.4 Å². The largest absolute Gasteiger partial charge is 0.308 e. The van der Waals surface area contributed by atoms with E-state index in [1.807, 2.05) is 6.20 Å². The van der Waals surface area contributed by atoms with E-state index in [9.17, 15) is 0 Å². The minimum atomic E-state index is 0.835. The third kappa shape index (κ3) is 2.57. The summed E-state index contributed by atoms with van der Waals surface area (Å²) in [5, 5.41) is 12.5. The molecule has 210 valence electrons. The number of aromatic nitrogens is 4. The van der Waals surface area contributed by atoms with Gasteiger partial charge in [-0.15, -0.1) is 0 Å². The van der Waals surface area contributed by atoms with E-state index in [0.29, 0.717) is 0 Å². The first kappa shape index (κ1) is 23.2. The molecule has 0 amide bonds. The molecule has 4 aromatic heterocycles. The van der Waals surface area contributed by atoms with Gasteiger partial charge in [0.05, 0.1) is 45.2 Å². The molecule has 0 bridgehead atoms. The van der Waals surface area contributed by atoms with E-state index in [0.717, 1.165) is 33.8 Å². The molecule has 0 spiro atoms. The van der Waals surface area contributed by atoms with Crippen LogP contribution in [0.25, 0.3) is 110 Å². The molecule has 0 unspecified atom stereocenters. The van der Waals surface area contributed by atoms with Gasteiger partial charge in [0.25, 0.3) is 0 Å². The molecule has 0 saturated carbocycles. The molecule has 0 saturated heterocycles. The van der Waals surface area contributed by atoms with Crippen molar-refractivity contribution in [2.75, 3.05) is 0 Å². The zero-order valence-corrected chi connectivity index (χ0v) is 24.5. The highest BCUT2D eigenvalue weighted by molar-refractivity contribution is 6.36. The van der Waals surface area contributed by atoms with Crippen molar-refractivity contribution in [2.45, 2.75) is 0 Å². The van der Waals surface area contributed by atoms with Crippen molar-refractivity contribution in [1.29, 1.82) is 0 Å². The minimum Gasteiger partial charge on any atom is -0.308 e. The number of benzene rings is 7. The number of nitrogens with zero attached hydrogens (tertiary/aromatic N) is 4. The van der Waals surface area contributed by atoms with E-state index in [1.165, 1.54) is 75.9 Å². The highest BCUT2D eigenvalue weighted by atomic mass is 15.1. The van der Waals surface area contributed by atoms with Crippen LogP contribution < -0.4 is 0 Å². The first-order valence-corrected chi connectivity index (χ1v) is 15.8. The topological polar surface area (TPSA) is 35.1 Å². The highest BCUT2D eigenvalue weighted by Crippen LogP contribution is 2.49. The summed E-state index contributed by atoms with van der Waals surface area (Å²) in [7, 11) is 0. The number of hydrogen-bond acceptors (Lipinski definition) is 2. The van der Waals surface area contributed by atoms with Crippen molar-refractivity contribution in [3.8, 4) is 28.3 Å². The Morgan fingerprint density at radius 2 is 1.13 bits per heavy atom. The monoisotopic (exact) mass is 582 g/mol. The van der Waals surface area contributed by atoms with Gasteiger partial charge in [-0.3, -0.25) is 9.55 Å². The van der Waals surface area contributed by atoms with Gasteiger partial charge in [0.2, 0.25) is 0 Å². The fraction of sp³-hybridized carbons (Fsp3) is 0. The Morgan fingerprint density at radius 3 is 1.98 bits per heavy atom. The molecule has 0 aliphatic heterocycles. The molecule has 0 N–H and O–H groups in total. The molecule has 0 atom stereocenters. The van der Waals surface area contributed by atoms with Crippen LogP contribution in [-0.2, 0) is 0 Å². The van der Waals surface area contributed by atoms with Gasteiger partial charge < -0.3 is 4.40 Å². The number of fused-ring (bicyclic) bond motifs is 15. The summed E-state index contributed by atoms with van der Waals surface area (Å²) in [6.07, 6.45) is 1.98. The summed E-state index contributed by atoms with van der Waals surface area (Å²) in [6, 6.07) is 46.3. The second kappa shape index (κ2) is 7.87. The molecule has 46 heavy (non-hydrogen) atoms. The highest BCUT2D eigenvalue weighted by Gasteiger charge is 2.28. The molecule has 1 aliphatic rings.